The van der Waals surface area contributed by atoms with Crippen LogP contribution in [0.1, 0.15) is 37.7 Å². The van der Waals surface area contributed by atoms with Gasteiger partial charge in [-0.15, -0.1) is 10.2 Å². The third-order valence-electron chi connectivity index (χ3n) is 4.03. The normalized spacial score (nSPS) is 11.1. The first-order chi connectivity index (χ1) is 14.3. The number of carbonyl (C=O) groups excluding carboxylic acids is 2. The van der Waals surface area contributed by atoms with Crippen molar-refractivity contribution in [2.45, 2.75) is 24.8 Å². The molecule has 156 valence electrons. The van der Waals surface area contributed by atoms with Crippen LogP contribution in [0.2, 0.25) is 0 Å². The minimum Gasteiger partial charge on any atom is -0.455 e. The minimum absolute atomic E-state index is 0.108. The monoisotopic (exact) mass is 446 g/mol. The van der Waals surface area contributed by atoms with E-state index in [0.29, 0.717) is 10.7 Å². The Balaban J connectivity index is 1.57. The first kappa shape index (κ1) is 21.6. The van der Waals surface area contributed by atoms with E-state index in [1.807, 2.05) is 31.2 Å². The summed E-state index contributed by atoms with van der Waals surface area (Å²) in [5, 5.41) is 15.9. The lowest BCUT2D eigenvalue weighted by Gasteiger charge is -2.04. The number of ether oxygens (including phenoxy) is 1. The van der Waals surface area contributed by atoms with Crippen LogP contribution in [0.4, 0.5) is 5.69 Å². The summed E-state index contributed by atoms with van der Waals surface area (Å²) < 4.78 is 27.6. The predicted molar refractivity (Wildman–Crippen MR) is 111 cm³/mol. The number of carbonyl (C=O) groups is 2. The second-order valence-corrected chi connectivity index (χ2v) is 8.77. The Labute approximate surface area is 177 Å². The second kappa shape index (κ2) is 9.11. The highest BCUT2D eigenvalue weighted by atomic mass is 32.2. The Morgan fingerprint density at radius 2 is 1.73 bits per heavy atom. The highest BCUT2D eigenvalue weighted by Crippen LogP contribution is 2.16. The number of amides is 1. The number of hydrogen-bond donors (Lipinski definition) is 2. The number of aryl methyl sites for hydroxylation is 1. The topological polar surface area (TPSA) is 141 Å². The molecule has 3 aromatic rings. The van der Waals surface area contributed by atoms with Gasteiger partial charge >= 0.3 is 5.97 Å². The quantitative estimate of drug-likeness (QED) is 0.531. The van der Waals surface area contributed by atoms with E-state index >= 15 is 0 Å². The maximum atomic E-state index is 12.3. The molecule has 0 aliphatic heterocycles. The Kier molecular flexibility index (Phi) is 6.55. The number of aromatic nitrogens is 2. The summed E-state index contributed by atoms with van der Waals surface area (Å²) in [5.74, 6) is -1.08. The van der Waals surface area contributed by atoms with Crippen LogP contribution in [0.5, 0.6) is 0 Å². The number of primary sulfonamides is 1. The van der Waals surface area contributed by atoms with E-state index in [0.717, 1.165) is 23.3 Å². The summed E-state index contributed by atoms with van der Waals surface area (Å²) in [5.41, 5.74) is 1.95. The Bertz CT molecular complexity index is 1160. The molecule has 1 amide bonds. The zero-order valence-corrected chi connectivity index (χ0v) is 17.5. The van der Waals surface area contributed by atoms with Gasteiger partial charge in [-0.25, -0.2) is 18.4 Å². The minimum atomic E-state index is -3.84. The van der Waals surface area contributed by atoms with E-state index in [1.165, 1.54) is 24.3 Å². The summed E-state index contributed by atoms with van der Waals surface area (Å²) >= 11 is 1.00. The number of anilines is 1. The predicted octanol–water partition coefficient (Wildman–Crippen LogP) is 2.36. The molecule has 0 spiro atoms. The van der Waals surface area contributed by atoms with Crippen molar-refractivity contribution in [3.05, 3.63) is 69.7 Å². The van der Waals surface area contributed by atoms with Crippen LogP contribution < -0.4 is 10.5 Å². The molecule has 30 heavy (non-hydrogen) atoms. The third-order valence-corrected chi connectivity index (χ3v) is 5.85. The first-order valence-electron chi connectivity index (χ1n) is 8.79. The van der Waals surface area contributed by atoms with E-state index in [1.54, 1.807) is 0 Å². The molecule has 3 N–H and O–H groups in total. The average molecular weight is 447 g/mol. The zero-order chi connectivity index (χ0) is 21.7. The molecule has 1 aromatic heterocycles. The summed E-state index contributed by atoms with van der Waals surface area (Å²) in [7, 11) is -3.84. The van der Waals surface area contributed by atoms with Crippen molar-refractivity contribution in [1.82, 2.24) is 10.2 Å². The molecule has 2 aromatic carbocycles. The summed E-state index contributed by atoms with van der Waals surface area (Å²) in [6, 6.07) is 12.5. The molecule has 0 saturated carbocycles. The number of esters is 1. The van der Waals surface area contributed by atoms with Gasteiger partial charge in [-0.2, -0.15) is 0 Å². The van der Waals surface area contributed by atoms with Crippen molar-refractivity contribution in [3.63, 3.8) is 0 Å². The van der Waals surface area contributed by atoms with E-state index in [4.69, 9.17) is 9.88 Å². The summed E-state index contributed by atoms with van der Waals surface area (Å²) in [6.45, 7) is 1.87. The van der Waals surface area contributed by atoms with E-state index < -0.39 is 21.9 Å². The van der Waals surface area contributed by atoms with Crippen molar-refractivity contribution >= 4 is 38.9 Å². The molecule has 11 heteroatoms. The molecule has 1 heterocycles. The highest BCUT2D eigenvalue weighted by molar-refractivity contribution is 7.89. The Morgan fingerprint density at radius 1 is 1.07 bits per heavy atom. The molecule has 0 fully saturated rings. The van der Waals surface area contributed by atoms with Crippen LogP contribution in [-0.2, 0) is 27.8 Å². The van der Waals surface area contributed by atoms with E-state index in [2.05, 4.69) is 15.5 Å². The SMILES string of the molecule is CCc1ccc(NC(=O)c2nnc(COC(=O)c3ccc(S(N)(=O)=O)cc3)s2)cc1. The number of rotatable bonds is 7. The van der Waals surface area contributed by atoms with Crippen LogP contribution in [0.3, 0.4) is 0 Å². The van der Waals surface area contributed by atoms with Gasteiger partial charge in [0.15, 0.2) is 5.01 Å². The van der Waals surface area contributed by atoms with Crippen LogP contribution >= 0.6 is 11.3 Å². The van der Waals surface area contributed by atoms with Crippen LogP contribution in [0, 0.1) is 0 Å². The van der Waals surface area contributed by atoms with Crippen molar-refractivity contribution in [3.8, 4) is 0 Å². The molecule has 0 saturated heterocycles. The molecule has 0 aliphatic carbocycles. The molecule has 9 nitrogen and oxygen atoms in total. The van der Waals surface area contributed by atoms with Crippen LogP contribution in [0.15, 0.2) is 53.4 Å². The Morgan fingerprint density at radius 3 is 2.33 bits per heavy atom. The van der Waals surface area contributed by atoms with Gasteiger partial charge in [0.05, 0.1) is 10.5 Å². The third kappa shape index (κ3) is 5.47. The maximum Gasteiger partial charge on any atom is 0.338 e. The number of sulfonamides is 1. The lowest BCUT2D eigenvalue weighted by Crippen LogP contribution is -2.12. The molecule has 0 aliphatic rings. The number of nitrogens with zero attached hydrogens (tertiary/aromatic N) is 2. The molecular weight excluding hydrogens is 428 g/mol. The van der Waals surface area contributed by atoms with Crippen LogP contribution in [-0.4, -0.2) is 30.5 Å². The molecule has 0 atom stereocenters. The number of benzene rings is 2. The first-order valence-corrected chi connectivity index (χ1v) is 11.1. The van der Waals surface area contributed by atoms with Gasteiger partial charge in [-0.1, -0.05) is 30.4 Å². The van der Waals surface area contributed by atoms with Gasteiger partial charge < -0.3 is 10.1 Å². The summed E-state index contributed by atoms with van der Waals surface area (Å²) in [6.07, 6.45) is 0.906. The molecule has 0 unspecified atom stereocenters. The van der Waals surface area contributed by atoms with Crippen LogP contribution in [0.25, 0.3) is 0 Å². The average Bonchev–Trinajstić information content (AvgIpc) is 3.21. The van der Waals surface area contributed by atoms with Gasteiger partial charge in [0.2, 0.25) is 15.0 Å². The molecular formula is C19H18N4O5S2. The molecule has 3 rings (SSSR count). The standard InChI is InChI=1S/C19H18N4O5S2/c1-2-12-3-7-14(8-4-12)21-17(24)18-23-22-16(29-18)11-28-19(25)13-5-9-15(10-6-13)30(20,26)27/h3-10H,2,11H2,1H3,(H,21,24)(H2,20,26,27). The van der Waals surface area contributed by atoms with Gasteiger partial charge in [0, 0.05) is 5.69 Å². The van der Waals surface area contributed by atoms with Gasteiger partial charge in [-0.05, 0) is 48.4 Å². The Hall–Kier alpha value is -3.15. The largest absolute Gasteiger partial charge is 0.455 e. The van der Waals surface area contributed by atoms with E-state index in [9.17, 15) is 18.0 Å². The maximum absolute atomic E-state index is 12.3. The number of nitrogens with two attached hydrogens (primary N) is 1. The van der Waals surface area contributed by atoms with Gasteiger partial charge in [-0.3, -0.25) is 4.79 Å². The van der Waals surface area contributed by atoms with Crippen molar-refractivity contribution in [2.24, 2.45) is 5.14 Å². The zero-order valence-electron chi connectivity index (χ0n) is 15.9. The van der Waals surface area contributed by atoms with Gasteiger partial charge in [0.1, 0.15) is 6.61 Å². The fourth-order valence-corrected chi connectivity index (χ4v) is 3.57. The fraction of sp³-hybridized carbons (Fsp3) is 0.158. The number of nitrogens with one attached hydrogen (secondary N) is 1. The van der Waals surface area contributed by atoms with Crippen molar-refractivity contribution in [1.29, 1.82) is 0 Å². The molecule has 0 bridgehead atoms. The van der Waals surface area contributed by atoms with Crippen molar-refractivity contribution in [2.75, 3.05) is 5.32 Å². The van der Waals surface area contributed by atoms with E-state index in [-0.39, 0.29) is 22.1 Å². The highest BCUT2D eigenvalue weighted by Gasteiger charge is 2.16. The number of hydrogen-bond acceptors (Lipinski definition) is 8. The fourth-order valence-electron chi connectivity index (χ4n) is 2.40. The second-order valence-electron chi connectivity index (χ2n) is 6.15. The van der Waals surface area contributed by atoms with Gasteiger partial charge in [0.25, 0.3) is 5.91 Å². The molecule has 0 radical (unpaired) electrons. The summed E-state index contributed by atoms with van der Waals surface area (Å²) in [4.78, 5) is 24.3. The lowest BCUT2D eigenvalue weighted by molar-refractivity contribution is 0.0471. The smallest absolute Gasteiger partial charge is 0.338 e. The van der Waals surface area contributed by atoms with Crippen molar-refractivity contribution < 1.29 is 22.7 Å². The lowest BCUT2D eigenvalue weighted by atomic mass is 10.1.